The second kappa shape index (κ2) is 14.0. The summed E-state index contributed by atoms with van der Waals surface area (Å²) in [7, 11) is 0. The van der Waals surface area contributed by atoms with Crippen LogP contribution in [0.25, 0.3) is 0 Å². The van der Waals surface area contributed by atoms with Crippen molar-refractivity contribution in [1.29, 1.82) is 0 Å². The molecule has 0 heterocycles. The number of hydrogen-bond donors (Lipinski definition) is 0. The maximum Gasteiger partial charge on any atom is 0 e. The van der Waals surface area contributed by atoms with Gasteiger partial charge in [-0.2, -0.15) is 11.1 Å². The van der Waals surface area contributed by atoms with E-state index in [1.165, 1.54) is 73.7 Å². The molecule has 0 aromatic carbocycles. The number of hydrogen-bond acceptors (Lipinski definition) is 0. The molecule has 2 aliphatic rings. The van der Waals surface area contributed by atoms with E-state index in [0.29, 0.717) is 0 Å². The van der Waals surface area contributed by atoms with Crippen LogP contribution in [-0.4, -0.2) is 0 Å². The van der Waals surface area contributed by atoms with Crippen molar-refractivity contribution < 1.29 is 25.8 Å². The van der Waals surface area contributed by atoms with Crippen molar-refractivity contribution in [3.63, 3.8) is 0 Å². The second-order valence-corrected chi connectivity index (χ2v) is 6.89. The van der Waals surface area contributed by atoms with Gasteiger partial charge in [-0.3, -0.25) is 0 Å². The minimum Gasteiger partial charge on any atom is -0.249 e. The molecule has 0 unspecified atom stereocenters. The molecule has 2 rings (SSSR count). The minimum absolute atomic E-state index is 0. The second-order valence-electron chi connectivity index (χ2n) is 6.89. The minimum atomic E-state index is 0. The van der Waals surface area contributed by atoms with Crippen LogP contribution in [0.5, 0.6) is 0 Å². The van der Waals surface area contributed by atoms with E-state index in [2.05, 4.69) is 53.7 Å². The van der Waals surface area contributed by atoms with Crippen LogP contribution < -0.4 is 0 Å². The molecule has 0 bridgehead atoms. The Balaban J connectivity index is 0.000000443. The molecule has 0 saturated heterocycles. The SMILES string of the molecule is CCCC1=[C-]C(CC)=C(CC)C1.CCCC1=[C-]C(CC)=C(CC)C1.[Hf]. The Morgan fingerprint density at radius 1 is 0.600 bits per heavy atom. The zero-order chi connectivity index (χ0) is 17.9. The van der Waals surface area contributed by atoms with Gasteiger partial charge in [0.15, 0.2) is 0 Å². The van der Waals surface area contributed by atoms with Gasteiger partial charge >= 0.3 is 0 Å². The predicted octanol–water partition coefficient (Wildman–Crippen LogP) is 8.07. The summed E-state index contributed by atoms with van der Waals surface area (Å²) < 4.78 is 0. The van der Waals surface area contributed by atoms with E-state index in [9.17, 15) is 0 Å². The topological polar surface area (TPSA) is 0 Å². The summed E-state index contributed by atoms with van der Waals surface area (Å²) in [5, 5.41) is 0. The first-order chi connectivity index (χ1) is 11.6. The molecule has 0 saturated carbocycles. The zero-order valence-corrected chi connectivity index (χ0v) is 21.2. The van der Waals surface area contributed by atoms with Crippen molar-refractivity contribution in [2.75, 3.05) is 0 Å². The van der Waals surface area contributed by atoms with Crippen LogP contribution in [0.2, 0.25) is 0 Å². The summed E-state index contributed by atoms with van der Waals surface area (Å²) in [5.41, 5.74) is 9.29. The third-order valence-corrected chi connectivity index (χ3v) is 5.03. The van der Waals surface area contributed by atoms with Crippen molar-refractivity contribution in [2.24, 2.45) is 0 Å². The van der Waals surface area contributed by atoms with Gasteiger partial charge < -0.3 is 0 Å². The van der Waals surface area contributed by atoms with Gasteiger partial charge in [0.1, 0.15) is 0 Å². The third-order valence-electron chi connectivity index (χ3n) is 5.03. The molecule has 0 atom stereocenters. The van der Waals surface area contributed by atoms with Crippen LogP contribution in [0.3, 0.4) is 0 Å². The number of allylic oxidation sites excluding steroid dienone is 8. The van der Waals surface area contributed by atoms with E-state index in [1.807, 2.05) is 0 Å². The fourth-order valence-electron chi connectivity index (χ4n) is 3.68. The first-order valence-corrected chi connectivity index (χ1v) is 10.3. The standard InChI is InChI=1S/2C12H19.Hf/c2*1-4-7-10-8-11(5-2)12(6-3)9-10;/h2*4-8H2,1-3H3;/q2*-1;. The van der Waals surface area contributed by atoms with Gasteiger partial charge in [0.2, 0.25) is 0 Å². The van der Waals surface area contributed by atoms with E-state index in [4.69, 9.17) is 0 Å². The third kappa shape index (κ3) is 7.94. The normalized spacial score (nSPS) is 16.4. The molecule has 140 valence electrons. The van der Waals surface area contributed by atoms with E-state index < -0.39 is 0 Å². The molecule has 0 aromatic heterocycles. The van der Waals surface area contributed by atoms with Crippen LogP contribution in [0, 0.1) is 12.2 Å². The van der Waals surface area contributed by atoms with Crippen molar-refractivity contribution in [3.8, 4) is 0 Å². The molecule has 0 aliphatic heterocycles. The molecule has 0 fully saturated rings. The molecule has 1 heteroatoms. The molecule has 0 amide bonds. The van der Waals surface area contributed by atoms with E-state index in [1.54, 1.807) is 11.1 Å². The van der Waals surface area contributed by atoms with Crippen LogP contribution in [0.1, 0.15) is 106 Å². The fraction of sp³-hybridized carbons (Fsp3) is 0.667. The van der Waals surface area contributed by atoms with Gasteiger partial charge in [-0.15, -0.1) is 12.8 Å². The van der Waals surface area contributed by atoms with E-state index in [-0.39, 0.29) is 25.8 Å². The first-order valence-electron chi connectivity index (χ1n) is 10.3. The van der Waals surface area contributed by atoms with Crippen molar-refractivity contribution in [2.45, 2.75) is 106 Å². The summed E-state index contributed by atoms with van der Waals surface area (Å²) in [4.78, 5) is 0. The van der Waals surface area contributed by atoms with Crippen molar-refractivity contribution in [1.82, 2.24) is 0 Å². The monoisotopic (exact) mass is 506 g/mol. The van der Waals surface area contributed by atoms with Gasteiger partial charge in [-0.25, -0.2) is 34.4 Å². The van der Waals surface area contributed by atoms with Crippen molar-refractivity contribution >= 4 is 0 Å². The molecular weight excluding hydrogens is 467 g/mol. The quantitative estimate of drug-likeness (QED) is 0.231. The van der Waals surface area contributed by atoms with Crippen LogP contribution in [-0.2, 0) is 25.8 Å². The van der Waals surface area contributed by atoms with Gasteiger partial charge in [0.25, 0.3) is 0 Å². The Kier molecular flexibility index (Phi) is 13.9. The maximum atomic E-state index is 3.54. The van der Waals surface area contributed by atoms with Crippen LogP contribution >= 0.6 is 0 Å². The van der Waals surface area contributed by atoms with E-state index in [0.717, 1.165) is 12.8 Å². The smallest absolute Gasteiger partial charge is 0 e. The van der Waals surface area contributed by atoms with E-state index >= 15 is 0 Å². The summed E-state index contributed by atoms with van der Waals surface area (Å²) in [6, 6.07) is 0. The van der Waals surface area contributed by atoms with Crippen molar-refractivity contribution in [3.05, 3.63) is 45.6 Å². The molecular formula is C24H38Hf-2. The Hall–Kier alpha value is -0.170. The Bertz CT molecular complexity index is 466. The van der Waals surface area contributed by atoms with Crippen LogP contribution in [0.4, 0.5) is 0 Å². The molecule has 0 N–H and O–H groups in total. The molecule has 2 aliphatic carbocycles. The molecule has 0 radical (unpaired) electrons. The summed E-state index contributed by atoms with van der Waals surface area (Å²) >= 11 is 0. The molecule has 0 spiro atoms. The maximum absolute atomic E-state index is 3.54. The summed E-state index contributed by atoms with van der Waals surface area (Å²) in [5.74, 6) is 0. The van der Waals surface area contributed by atoms with Crippen LogP contribution in [0.15, 0.2) is 33.4 Å². The molecule has 0 nitrogen and oxygen atoms in total. The fourth-order valence-corrected chi connectivity index (χ4v) is 3.68. The largest absolute Gasteiger partial charge is 0.249 e. The number of rotatable bonds is 8. The zero-order valence-electron chi connectivity index (χ0n) is 17.6. The summed E-state index contributed by atoms with van der Waals surface area (Å²) in [6.07, 6.45) is 19.3. The Labute approximate surface area is 176 Å². The van der Waals surface area contributed by atoms with Gasteiger partial charge in [0, 0.05) is 25.8 Å². The Morgan fingerprint density at radius 3 is 1.16 bits per heavy atom. The predicted molar refractivity (Wildman–Crippen MR) is 108 cm³/mol. The molecule has 0 aromatic rings. The first kappa shape index (κ1) is 24.8. The Morgan fingerprint density at radius 2 is 0.960 bits per heavy atom. The average Bonchev–Trinajstić information content (AvgIpc) is 3.19. The van der Waals surface area contributed by atoms with Gasteiger partial charge in [0.05, 0.1) is 0 Å². The molecule has 25 heavy (non-hydrogen) atoms. The van der Waals surface area contributed by atoms with Gasteiger partial charge in [-0.1, -0.05) is 92.9 Å². The average molecular weight is 505 g/mol. The van der Waals surface area contributed by atoms with Gasteiger partial charge in [-0.05, 0) is 0 Å². The summed E-state index contributed by atoms with van der Waals surface area (Å²) in [6.45, 7) is 13.4.